The molecular formula is C17H21N5O3S2. The summed E-state index contributed by atoms with van der Waals surface area (Å²) in [4.78, 5) is 25.1. The van der Waals surface area contributed by atoms with E-state index < -0.39 is 5.60 Å². The van der Waals surface area contributed by atoms with Gasteiger partial charge >= 0.3 is 0 Å². The molecular weight excluding hydrogens is 386 g/mol. The van der Waals surface area contributed by atoms with Crippen LogP contribution in [0.3, 0.4) is 0 Å². The molecule has 1 saturated heterocycles. The number of rotatable bonds is 3. The van der Waals surface area contributed by atoms with Gasteiger partial charge in [0.15, 0.2) is 17.8 Å². The van der Waals surface area contributed by atoms with E-state index in [1.165, 1.54) is 23.5 Å². The molecule has 0 spiro atoms. The van der Waals surface area contributed by atoms with Crippen LogP contribution in [0, 0.1) is 0 Å². The maximum atomic E-state index is 12.5. The summed E-state index contributed by atoms with van der Waals surface area (Å²) in [6, 6.07) is 0. The van der Waals surface area contributed by atoms with E-state index in [1.807, 2.05) is 0 Å². The summed E-state index contributed by atoms with van der Waals surface area (Å²) in [7, 11) is 0. The van der Waals surface area contributed by atoms with E-state index in [9.17, 15) is 9.90 Å². The molecule has 10 heteroatoms. The Morgan fingerprint density at radius 1 is 1.33 bits per heavy atom. The SMILES string of the molecule is C=C1SC(c2cnc3c(n2)NC(N2CCOCC2)NC3=O)=C(C(C)(C)O)S1. The molecule has 8 nitrogen and oxygen atoms in total. The maximum absolute atomic E-state index is 12.5. The molecule has 0 aliphatic carbocycles. The Morgan fingerprint density at radius 3 is 2.78 bits per heavy atom. The smallest absolute Gasteiger partial charge is 0.276 e. The van der Waals surface area contributed by atoms with Crippen LogP contribution in [0.5, 0.6) is 0 Å². The Hall–Kier alpha value is -1.59. The van der Waals surface area contributed by atoms with Gasteiger partial charge in [-0.2, -0.15) is 0 Å². The molecule has 4 heterocycles. The fourth-order valence-electron chi connectivity index (χ4n) is 3.05. The van der Waals surface area contributed by atoms with Gasteiger partial charge in [0.05, 0.1) is 35.6 Å². The molecule has 0 saturated carbocycles. The maximum Gasteiger partial charge on any atom is 0.276 e. The minimum Gasteiger partial charge on any atom is -0.385 e. The van der Waals surface area contributed by atoms with Gasteiger partial charge in [-0.05, 0) is 13.8 Å². The molecule has 3 aliphatic rings. The third-order valence-electron chi connectivity index (χ3n) is 4.37. The Labute approximate surface area is 165 Å². The molecule has 3 N–H and O–H groups in total. The monoisotopic (exact) mass is 407 g/mol. The molecule has 1 amide bonds. The predicted octanol–water partition coefficient (Wildman–Crippen LogP) is 1.64. The van der Waals surface area contributed by atoms with Gasteiger partial charge in [-0.3, -0.25) is 9.69 Å². The number of nitrogens with one attached hydrogen (secondary N) is 2. The van der Waals surface area contributed by atoms with Crippen LogP contribution < -0.4 is 10.6 Å². The molecule has 27 heavy (non-hydrogen) atoms. The predicted molar refractivity (Wildman–Crippen MR) is 107 cm³/mol. The molecule has 1 atom stereocenters. The summed E-state index contributed by atoms with van der Waals surface area (Å²) in [6.45, 7) is 10.2. The van der Waals surface area contributed by atoms with Crippen molar-refractivity contribution in [1.82, 2.24) is 20.2 Å². The summed E-state index contributed by atoms with van der Waals surface area (Å²) in [5.74, 6) is 0.187. The summed E-state index contributed by atoms with van der Waals surface area (Å²) in [5, 5.41) is 16.7. The van der Waals surface area contributed by atoms with Crippen molar-refractivity contribution in [1.29, 1.82) is 0 Å². The van der Waals surface area contributed by atoms with Gasteiger partial charge < -0.3 is 20.5 Å². The zero-order chi connectivity index (χ0) is 19.2. The number of hydrogen-bond donors (Lipinski definition) is 3. The van der Waals surface area contributed by atoms with Gasteiger partial charge in [-0.25, -0.2) is 9.97 Å². The number of hydrogen-bond acceptors (Lipinski definition) is 9. The van der Waals surface area contributed by atoms with E-state index in [-0.39, 0.29) is 17.9 Å². The zero-order valence-corrected chi connectivity index (χ0v) is 16.7. The van der Waals surface area contributed by atoms with E-state index in [1.54, 1.807) is 20.0 Å². The number of carbonyl (C=O) groups excluding carboxylic acids is 1. The zero-order valence-electron chi connectivity index (χ0n) is 15.1. The Morgan fingerprint density at radius 2 is 2.07 bits per heavy atom. The summed E-state index contributed by atoms with van der Waals surface area (Å²) in [6.07, 6.45) is 1.23. The standard InChI is InChI=1S/C17H21N5O3S2/c1-9-26-12(13(27-9)17(2,3)24)10-8-18-11-14(19-10)20-16(21-15(11)23)22-4-6-25-7-5-22/h8,16,24H,1,4-7H2,2-3H3,(H,19,20)(H,21,23). The number of aromatic nitrogens is 2. The number of thioether (sulfide) groups is 2. The lowest BCUT2D eigenvalue weighted by atomic mass is 10.1. The minimum absolute atomic E-state index is 0.256. The number of nitrogens with zero attached hydrogens (tertiary/aromatic N) is 3. The molecule has 4 rings (SSSR count). The van der Waals surface area contributed by atoms with E-state index in [0.29, 0.717) is 24.7 Å². The fraction of sp³-hybridized carbons (Fsp3) is 0.471. The fourth-order valence-corrected chi connectivity index (χ4v) is 5.42. The Bertz CT molecular complexity index is 830. The van der Waals surface area contributed by atoms with Crippen molar-refractivity contribution in [2.45, 2.75) is 25.7 Å². The van der Waals surface area contributed by atoms with Crippen LogP contribution in [0.25, 0.3) is 4.91 Å². The minimum atomic E-state index is -1.01. The summed E-state index contributed by atoms with van der Waals surface area (Å²) < 4.78 is 6.25. The van der Waals surface area contributed by atoms with Crippen molar-refractivity contribution in [3.05, 3.63) is 33.3 Å². The van der Waals surface area contributed by atoms with E-state index in [0.717, 1.165) is 27.1 Å². The average molecular weight is 408 g/mol. The van der Waals surface area contributed by atoms with Crippen molar-refractivity contribution in [3.8, 4) is 0 Å². The van der Waals surface area contributed by atoms with E-state index in [2.05, 4.69) is 32.1 Å². The number of anilines is 1. The highest BCUT2D eigenvalue weighted by molar-refractivity contribution is 8.31. The van der Waals surface area contributed by atoms with Crippen LogP contribution in [0.4, 0.5) is 5.82 Å². The van der Waals surface area contributed by atoms with Crippen LogP contribution in [0.15, 0.2) is 21.9 Å². The molecule has 0 bridgehead atoms. The van der Waals surface area contributed by atoms with E-state index in [4.69, 9.17) is 4.74 Å². The molecule has 0 radical (unpaired) electrons. The number of carbonyl (C=O) groups is 1. The van der Waals surface area contributed by atoms with Gasteiger partial charge in [0.2, 0.25) is 0 Å². The summed E-state index contributed by atoms with van der Waals surface area (Å²) in [5.41, 5.74) is -0.126. The Balaban J connectivity index is 1.67. The van der Waals surface area contributed by atoms with Gasteiger partial charge in [0.25, 0.3) is 5.91 Å². The van der Waals surface area contributed by atoms with E-state index >= 15 is 0 Å². The number of amides is 1. The first kappa shape index (κ1) is 18.8. The Kier molecular flexibility index (Phi) is 4.93. The van der Waals surface area contributed by atoms with Gasteiger partial charge in [0.1, 0.15) is 0 Å². The number of ether oxygens (including phenoxy) is 1. The quantitative estimate of drug-likeness (QED) is 0.690. The van der Waals surface area contributed by atoms with Crippen LogP contribution in [0.1, 0.15) is 30.0 Å². The third-order valence-corrected chi connectivity index (χ3v) is 6.98. The second-order valence-electron chi connectivity index (χ2n) is 6.91. The second-order valence-corrected chi connectivity index (χ2v) is 9.38. The lowest BCUT2D eigenvalue weighted by molar-refractivity contribution is 0.0143. The molecule has 1 unspecified atom stereocenters. The molecule has 144 valence electrons. The lowest BCUT2D eigenvalue weighted by Gasteiger charge is -2.37. The number of aliphatic hydroxyl groups is 1. The lowest BCUT2D eigenvalue weighted by Crippen LogP contribution is -2.58. The number of fused-ring (bicyclic) bond motifs is 1. The molecule has 1 aromatic heterocycles. The first-order chi connectivity index (χ1) is 12.8. The normalized spacial score (nSPS) is 23.9. The topological polar surface area (TPSA) is 99.6 Å². The highest BCUT2D eigenvalue weighted by Crippen LogP contribution is 2.55. The molecule has 0 aromatic carbocycles. The van der Waals surface area contributed by atoms with Crippen LogP contribution in [0.2, 0.25) is 0 Å². The largest absolute Gasteiger partial charge is 0.385 e. The molecule has 1 aromatic rings. The van der Waals surface area contributed by atoms with Crippen LogP contribution in [-0.2, 0) is 4.74 Å². The first-order valence-electron chi connectivity index (χ1n) is 8.61. The highest BCUT2D eigenvalue weighted by Gasteiger charge is 2.34. The van der Waals surface area contributed by atoms with Crippen molar-refractivity contribution in [2.75, 3.05) is 31.6 Å². The highest BCUT2D eigenvalue weighted by atomic mass is 32.2. The van der Waals surface area contributed by atoms with Gasteiger partial charge in [-0.15, -0.1) is 0 Å². The first-order valence-corrected chi connectivity index (χ1v) is 10.2. The van der Waals surface area contributed by atoms with Gasteiger partial charge in [-0.1, -0.05) is 30.1 Å². The third kappa shape index (κ3) is 3.72. The summed E-state index contributed by atoms with van der Waals surface area (Å²) >= 11 is 2.91. The molecule has 1 fully saturated rings. The van der Waals surface area contributed by atoms with Crippen molar-refractivity contribution < 1.29 is 14.6 Å². The van der Waals surface area contributed by atoms with Crippen molar-refractivity contribution >= 4 is 40.2 Å². The average Bonchev–Trinajstić information content (AvgIpc) is 3.04. The second kappa shape index (κ2) is 7.10. The van der Waals surface area contributed by atoms with Crippen LogP contribution >= 0.6 is 23.5 Å². The van der Waals surface area contributed by atoms with Gasteiger partial charge in [0, 0.05) is 22.2 Å². The van der Waals surface area contributed by atoms with Crippen LogP contribution in [-0.4, -0.2) is 64.1 Å². The molecule has 3 aliphatic heterocycles. The van der Waals surface area contributed by atoms with Crippen molar-refractivity contribution in [3.63, 3.8) is 0 Å². The number of morpholine rings is 1. The van der Waals surface area contributed by atoms with Crippen molar-refractivity contribution in [2.24, 2.45) is 0 Å².